The molecule has 0 bridgehead atoms. The molecule has 6 atom stereocenters. The molecule has 3 N–H and O–H groups in total. The van der Waals surface area contributed by atoms with Gasteiger partial charge >= 0.3 is 23.9 Å². The van der Waals surface area contributed by atoms with Gasteiger partial charge in [-0.25, -0.2) is 4.79 Å². The minimum atomic E-state index is -1.92. The van der Waals surface area contributed by atoms with Crippen LogP contribution in [0.2, 0.25) is 0 Å². The molecule has 1 aliphatic rings. The Morgan fingerprint density at radius 3 is 1.17 bits per heavy atom. The summed E-state index contributed by atoms with van der Waals surface area (Å²) in [6, 6.07) is 0. The lowest BCUT2D eigenvalue weighted by Crippen LogP contribution is -2.61. The van der Waals surface area contributed by atoms with Crippen LogP contribution in [0.15, 0.2) is 122 Å². The smallest absolute Gasteiger partial charge is 0.335 e. The van der Waals surface area contributed by atoms with Gasteiger partial charge in [0.2, 0.25) is 0 Å². The predicted molar refractivity (Wildman–Crippen MR) is 330 cm³/mol. The average molecular weight is 1130 g/mol. The maximum absolute atomic E-state index is 13.2. The van der Waals surface area contributed by atoms with Gasteiger partial charge in [0.25, 0.3) is 0 Å². The summed E-state index contributed by atoms with van der Waals surface area (Å²) in [5.41, 5.74) is 0. The molecule has 1 rings (SSSR count). The van der Waals surface area contributed by atoms with Crippen LogP contribution in [0.4, 0.5) is 0 Å². The fourth-order valence-electron chi connectivity index (χ4n) is 8.79. The number of unbranched alkanes of at least 4 members (excludes halogenated alkanes) is 18. The third-order valence-electron chi connectivity index (χ3n) is 13.5. The number of esters is 3. The predicted octanol–water partition coefficient (Wildman–Crippen LogP) is 16.8. The number of hydrogen-bond donors (Lipinski definition) is 3. The molecular weight excluding hydrogens is 1020 g/mol. The molecule has 458 valence electrons. The van der Waals surface area contributed by atoms with Gasteiger partial charge in [-0.15, -0.1) is 0 Å². The van der Waals surface area contributed by atoms with E-state index in [1.807, 2.05) is 18.2 Å². The Balaban J connectivity index is 2.75. The Morgan fingerprint density at radius 1 is 0.420 bits per heavy atom. The molecule has 0 radical (unpaired) electrons. The molecule has 12 heteroatoms. The van der Waals surface area contributed by atoms with Gasteiger partial charge in [0, 0.05) is 19.3 Å². The number of allylic oxidation sites excluding steroid dienone is 20. The zero-order valence-corrected chi connectivity index (χ0v) is 50.5. The van der Waals surface area contributed by atoms with E-state index in [-0.39, 0.29) is 25.9 Å². The number of carbonyl (C=O) groups is 4. The number of aliphatic hydroxyl groups is 2. The summed E-state index contributed by atoms with van der Waals surface area (Å²) in [6.07, 6.45) is 64.6. The van der Waals surface area contributed by atoms with E-state index in [0.29, 0.717) is 32.1 Å². The third kappa shape index (κ3) is 45.3. The van der Waals surface area contributed by atoms with Crippen LogP contribution in [-0.2, 0) is 42.9 Å². The summed E-state index contributed by atoms with van der Waals surface area (Å²) in [5, 5.41) is 31.6. The number of aliphatic hydroxyl groups excluding tert-OH is 2. The van der Waals surface area contributed by atoms with Gasteiger partial charge in [0.05, 0.1) is 6.61 Å². The fraction of sp³-hybridized carbons (Fsp3) is 0.652. The molecule has 1 fully saturated rings. The highest BCUT2D eigenvalue weighted by atomic mass is 16.7. The first kappa shape index (κ1) is 74.1. The summed E-state index contributed by atoms with van der Waals surface area (Å²) >= 11 is 0. The third-order valence-corrected chi connectivity index (χ3v) is 13.5. The molecule has 0 aromatic rings. The van der Waals surface area contributed by atoms with E-state index in [0.717, 1.165) is 89.9 Å². The summed E-state index contributed by atoms with van der Waals surface area (Å²) < 4.78 is 28.4. The zero-order valence-electron chi connectivity index (χ0n) is 50.5. The van der Waals surface area contributed by atoms with Crippen LogP contribution in [0.5, 0.6) is 0 Å². The topological polar surface area (TPSA) is 175 Å². The van der Waals surface area contributed by atoms with Crippen molar-refractivity contribution in [2.75, 3.05) is 13.2 Å². The lowest BCUT2D eigenvalue weighted by molar-refractivity contribution is -0.301. The van der Waals surface area contributed by atoms with Crippen molar-refractivity contribution in [2.24, 2.45) is 0 Å². The molecule has 12 nitrogen and oxygen atoms in total. The molecule has 0 aliphatic carbocycles. The molecule has 0 amide bonds. The van der Waals surface area contributed by atoms with Crippen LogP contribution >= 0.6 is 0 Å². The van der Waals surface area contributed by atoms with Gasteiger partial charge in [-0.05, 0) is 96.3 Å². The molecule has 0 aromatic carbocycles. The SMILES string of the molecule is CC/C=C\C/C=C\C/C=C\C/C=C\C/C=C\CCCC(=O)OCC(COC1OC(C(=O)O)C(O)C(O)C1OC(=O)CCCCCCCCCCCCCCCCCCC)OC(=O)CCC/C=C\C/C=C\C/C=C\C/C=C\C/C=C\CC. The summed E-state index contributed by atoms with van der Waals surface area (Å²) in [5.74, 6) is -3.29. The first-order valence-corrected chi connectivity index (χ1v) is 31.5. The second-order valence-corrected chi connectivity index (χ2v) is 20.9. The van der Waals surface area contributed by atoms with Gasteiger partial charge in [0.1, 0.15) is 18.8 Å². The van der Waals surface area contributed by atoms with Crippen molar-refractivity contribution in [3.8, 4) is 0 Å². The van der Waals surface area contributed by atoms with Crippen molar-refractivity contribution in [2.45, 2.75) is 276 Å². The largest absolute Gasteiger partial charge is 0.479 e. The lowest BCUT2D eigenvalue weighted by atomic mass is 9.98. The first-order valence-electron chi connectivity index (χ1n) is 31.5. The summed E-state index contributed by atoms with van der Waals surface area (Å²) in [4.78, 5) is 51.2. The highest BCUT2D eigenvalue weighted by Gasteiger charge is 2.50. The van der Waals surface area contributed by atoms with E-state index >= 15 is 0 Å². The number of aliphatic carboxylic acids is 1. The van der Waals surface area contributed by atoms with Crippen LogP contribution < -0.4 is 0 Å². The molecule has 1 heterocycles. The maximum Gasteiger partial charge on any atom is 0.335 e. The summed E-state index contributed by atoms with van der Waals surface area (Å²) in [6.45, 7) is 5.68. The van der Waals surface area contributed by atoms with E-state index < -0.39 is 67.3 Å². The fourth-order valence-corrected chi connectivity index (χ4v) is 8.79. The van der Waals surface area contributed by atoms with E-state index in [4.69, 9.17) is 23.7 Å². The Morgan fingerprint density at radius 2 is 0.778 bits per heavy atom. The van der Waals surface area contributed by atoms with Crippen LogP contribution in [-0.4, -0.2) is 89.2 Å². The number of hydrogen-bond acceptors (Lipinski definition) is 11. The second kappa shape index (κ2) is 55.6. The zero-order chi connectivity index (χ0) is 58.9. The van der Waals surface area contributed by atoms with Crippen molar-refractivity contribution < 1.29 is 58.2 Å². The molecule has 81 heavy (non-hydrogen) atoms. The van der Waals surface area contributed by atoms with Gasteiger partial charge in [0.15, 0.2) is 24.6 Å². The van der Waals surface area contributed by atoms with E-state index in [1.54, 1.807) is 0 Å². The Kier molecular flexibility index (Phi) is 50.9. The van der Waals surface area contributed by atoms with Gasteiger partial charge < -0.3 is 39.0 Å². The second-order valence-electron chi connectivity index (χ2n) is 20.9. The van der Waals surface area contributed by atoms with Crippen LogP contribution in [0.25, 0.3) is 0 Å². The van der Waals surface area contributed by atoms with Gasteiger partial charge in [-0.3, -0.25) is 14.4 Å². The molecule has 0 spiro atoms. The molecule has 1 aliphatic heterocycles. The average Bonchev–Trinajstić information content (AvgIpc) is 3.53. The van der Waals surface area contributed by atoms with Crippen molar-refractivity contribution in [3.63, 3.8) is 0 Å². The van der Waals surface area contributed by atoms with E-state index in [2.05, 4.69) is 124 Å². The molecule has 6 unspecified atom stereocenters. The van der Waals surface area contributed by atoms with Crippen molar-refractivity contribution in [1.82, 2.24) is 0 Å². The first-order chi connectivity index (χ1) is 39.6. The van der Waals surface area contributed by atoms with Crippen molar-refractivity contribution in [1.29, 1.82) is 0 Å². The van der Waals surface area contributed by atoms with Crippen LogP contribution in [0, 0.1) is 0 Å². The number of rotatable bonds is 52. The maximum atomic E-state index is 13.2. The molecular formula is C69H110O12. The van der Waals surface area contributed by atoms with Crippen LogP contribution in [0.3, 0.4) is 0 Å². The number of ether oxygens (including phenoxy) is 5. The summed E-state index contributed by atoms with van der Waals surface area (Å²) in [7, 11) is 0. The van der Waals surface area contributed by atoms with Crippen molar-refractivity contribution >= 4 is 23.9 Å². The number of carboxylic acid groups (broad SMARTS) is 1. The highest BCUT2D eigenvalue weighted by Crippen LogP contribution is 2.26. The monoisotopic (exact) mass is 1130 g/mol. The Labute approximate surface area is 490 Å². The molecule has 1 saturated heterocycles. The minimum absolute atomic E-state index is 0.0455. The van der Waals surface area contributed by atoms with Gasteiger partial charge in [-0.1, -0.05) is 245 Å². The quantitative estimate of drug-likeness (QED) is 0.0228. The molecule has 0 aromatic heterocycles. The van der Waals surface area contributed by atoms with E-state index in [9.17, 15) is 34.5 Å². The Hall–Kier alpha value is -4.88. The number of carbonyl (C=O) groups excluding carboxylic acids is 3. The van der Waals surface area contributed by atoms with Crippen molar-refractivity contribution in [3.05, 3.63) is 122 Å². The highest BCUT2D eigenvalue weighted by molar-refractivity contribution is 5.74. The molecule has 0 saturated carbocycles. The minimum Gasteiger partial charge on any atom is -0.479 e. The number of carboxylic acids is 1. The normalized spacial score (nSPS) is 18.6. The Bertz CT molecular complexity index is 1870. The van der Waals surface area contributed by atoms with Crippen LogP contribution in [0.1, 0.15) is 239 Å². The van der Waals surface area contributed by atoms with Gasteiger partial charge in [-0.2, -0.15) is 0 Å². The van der Waals surface area contributed by atoms with E-state index in [1.165, 1.54) is 77.0 Å². The lowest BCUT2D eigenvalue weighted by Gasteiger charge is -2.40. The standard InChI is InChI=1S/C69H110O12/c1-4-7-10-13-16-19-22-25-28-31-34-37-40-43-46-49-52-55-61(70)77-58-60(79-62(71)56-53-50-47-44-41-38-35-32-29-26-23-20-17-14-11-8-5-2)59-78-69-67(65(74)64(73)66(81-69)68(75)76)80-63(72)57-54-51-48-45-42-39-36-33-30-27-24-21-18-15-12-9-6-3/h7-8,10-11,16-17,19-20,25-26,28-29,34-35,37-38,43-44,46-47,60,64-67,69,73-74H,4-6,9,12-15,18,21-24,27,30-33,36,39-42,45,48-59H2,1-3H3,(H,75,76)/b10-7-,11-8-,19-16-,20-17-,28-25-,29-26-,37-34-,38-35-,46-43-,47-44-.